The lowest BCUT2D eigenvalue weighted by atomic mass is 10.1. The Balaban J connectivity index is 1.71. The summed E-state index contributed by atoms with van der Waals surface area (Å²) in [6, 6.07) is 10.5. The fourth-order valence-electron chi connectivity index (χ4n) is 2.53. The van der Waals surface area contributed by atoms with Crippen molar-refractivity contribution in [3.8, 4) is 11.3 Å². The summed E-state index contributed by atoms with van der Waals surface area (Å²) < 4.78 is 4.97. The van der Waals surface area contributed by atoms with Crippen LogP contribution in [0.4, 0.5) is 5.69 Å². The number of pyridine rings is 1. The molecule has 7 heteroatoms. The van der Waals surface area contributed by atoms with Crippen molar-refractivity contribution in [2.24, 2.45) is 0 Å². The van der Waals surface area contributed by atoms with E-state index in [0.29, 0.717) is 16.9 Å². The van der Waals surface area contributed by atoms with E-state index in [9.17, 15) is 9.59 Å². The molecule has 138 valence electrons. The molecule has 3 rings (SSSR count). The maximum atomic E-state index is 12.4. The van der Waals surface area contributed by atoms with E-state index in [0.717, 1.165) is 16.3 Å². The summed E-state index contributed by atoms with van der Waals surface area (Å²) in [5.74, 6) is -0.784. The number of hydrogen-bond acceptors (Lipinski definition) is 6. The van der Waals surface area contributed by atoms with Crippen LogP contribution >= 0.6 is 11.3 Å². The fourth-order valence-corrected chi connectivity index (χ4v) is 3.15. The zero-order valence-corrected chi connectivity index (χ0v) is 16.1. The number of esters is 1. The molecule has 0 aliphatic rings. The molecule has 0 saturated carbocycles. The second kappa shape index (κ2) is 8.09. The van der Waals surface area contributed by atoms with Gasteiger partial charge in [0.05, 0.1) is 28.6 Å². The molecule has 2 aromatic heterocycles. The Hall–Kier alpha value is -3.06. The van der Waals surface area contributed by atoms with Gasteiger partial charge in [-0.15, -0.1) is 11.3 Å². The van der Waals surface area contributed by atoms with Gasteiger partial charge in [0, 0.05) is 16.6 Å². The van der Waals surface area contributed by atoms with Crippen molar-refractivity contribution in [3.63, 3.8) is 0 Å². The highest BCUT2D eigenvalue weighted by Gasteiger charge is 2.15. The first-order chi connectivity index (χ1) is 13.0. The Labute approximate surface area is 161 Å². The number of ether oxygens (including phenoxy) is 1. The highest BCUT2D eigenvalue weighted by Crippen LogP contribution is 2.23. The predicted molar refractivity (Wildman–Crippen MR) is 105 cm³/mol. The highest BCUT2D eigenvalue weighted by atomic mass is 32.1. The Morgan fingerprint density at radius 1 is 1.07 bits per heavy atom. The van der Waals surface area contributed by atoms with E-state index in [1.807, 2.05) is 36.6 Å². The summed E-state index contributed by atoms with van der Waals surface area (Å²) in [5.41, 5.74) is 3.61. The molecule has 1 N–H and O–H groups in total. The first-order valence-corrected chi connectivity index (χ1v) is 9.34. The Kier molecular flexibility index (Phi) is 5.61. The lowest BCUT2D eigenvalue weighted by Gasteiger charge is -2.08. The first kappa shape index (κ1) is 18.7. The maximum absolute atomic E-state index is 12.4. The number of nitrogens with one attached hydrogen (secondary N) is 1. The standard InChI is InChI=1S/C20H19N3O3S/c1-4-26-20(25)16-9-10-17(21-12(16)2)19(24)23-15-7-5-14(6-8-15)18-11-27-13(3)22-18/h5-11H,4H2,1-3H3,(H,23,24). The molecular formula is C20H19N3O3S. The van der Waals surface area contributed by atoms with E-state index in [4.69, 9.17) is 4.74 Å². The Bertz CT molecular complexity index is 980. The van der Waals surface area contributed by atoms with Gasteiger partial charge >= 0.3 is 5.97 Å². The van der Waals surface area contributed by atoms with E-state index >= 15 is 0 Å². The number of aromatic nitrogens is 2. The molecule has 1 aromatic carbocycles. The van der Waals surface area contributed by atoms with Gasteiger partial charge < -0.3 is 10.1 Å². The molecule has 2 heterocycles. The minimum Gasteiger partial charge on any atom is -0.462 e. The third-order valence-electron chi connectivity index (χ3n) is 3.87. The Morgan fingerprint density at radius 3 is 2.41 bits per heavy atom. The number of anilines is 1. The lowest BCUT2D eigenvalue weighted by molar-refractivity contribution is 0.0524. The van der Waals surface area contributed by atoms with Crippen LogP contribution in [0.3, 0.4) is 0 Å². The number of thiazole rings is 1. The molecule has 0 spiro atoms. The molecule has 1 amide bonds. The minimum atomic E-state index is -0.442. The van der Waals surface area contributed by atoms with Crippen LogP contribution in [-0.4, -0.2) is 28.5 Å². The monoisotopic (exact) mass is 381 g/mol. The number of hydrogen-bond donors (Lipinski definition) is 1. The normalized spacial score (nSPS) is 10.5. The van der Waals surface area contributed by atoms with Crippen molar-refractivity contribution in [2.45, 2.75) is 20.8 Å². The van der Waals surface area contributed by atoms with Crippen LogP contribution in [0, 0.1) is 13.8 Å². The van der Waals surface area contributed by atoms with Gasteiger partial charge in [-0.1, -0.05) is 12.1 Å². The van der Waals surface area contributed by atoms with Crippen LogP contribution in [-0.2, 0) is 4.74 Å². The SMILES string of the molecule is CCOC(=O)c1ccc(C(=O)Nc2ccc(-c3csc(C)n3)cc2)nc1C. The smallest absolute Gasteiger partial charge is 0.339 e. The van der Waals surface area contributed by atoms with Gasteiger partial charge in [0.15, 0.2) is 0 Å². The molecule has 27 heavy (non-hydrogen) atoms. The largest absolute Gasteiger partial charge is 0.462 e. The summed E-state index contributed by atoms with van der Waals surface area (Å²) in [6.45, 7) is 5.67. The van der Waals surface area contributed by atoms with Gasteiger partial charge in [-0.25, -0.2) is 14.8 Å². The van der Waals surface area contributed by atoms with E-state index in [1.165, 1.54) is 6.07 Å². The van der Waals surface area contributed by atoms with Gasteiger partial charge in [-0.2, -0.15) is 0 Å². The molecule has 3 aromatic rings. The average Bonchev–Trinajstić information content (AvgIpc) is 3.08. The number of benzene rings is 1. The van der Waals surface area contributed by atoms with Crippen LogP contribution < -0.4 is 5.32 Å². The number of nitrogens with zero attached hydrogens (tertiary/aromatic N) is 2. The van der Waals surface area contributed by atoms with E-state index in [-0.39, 0.29) is 18.2 Å². The van der Waals surface area contributed by atoms with Gasteiger partial charge in [0.25, 0.3) is 5.91 Å². The molecule has 0 saturated heterocycles. The van der Waals surface area contributed by atoms with Crippen LogP contribution in [0.25, 0.3) is 11.3 Å². The van der Waals surface area contributed by atoms with E-state index < -0.39 is 5.97 Å². The van der Waals surface area contributed by atoms with Crippen molar-refractivity contribution in [1.29, 1.82) is 0 Å². The zero-order valence-electron chi connectivity index (χ0n) is 15.3. The van der Waals surface area contributed by atoms with Crippen molar-refractivity contribution >= 4 is 28.9 Å². The van der Waals surface area contributed by atoms with Crippen molar-refractivity contribution in [3.05, 3.63) is 63.7 Å². The summed E-state index contributed by atoms with van der Waals surface area (Å²) in [6.07, 6.45) is 0. The second-order valence-electron chi connectivity index (χ2n) is 5.83. The zero-order chi connectivity index (χ0) is 19.4. The summed E-state index contributed by atoms with van der Waals surface area (Å²) in [7, 11) is 0. The quantitative estimate of drug-likeness (QED) is 0.668. The molecule has 0 atom stereocenters. The van der Waals surface area contributed by atoms with Crippen molar-refractivity contribution in [1.82, 2.24) is 9.97 Å². The molecule has 0 aliphatic carbocycles. The number of rotatable bonds is 5. The summed E-state index contributed by atoms with van der Waals surface area (Å²) in [5, 5.41) is 5.82. The molecule has 0 radical (unpaired) electrons. The van der Waals surface area contributed by atoms with Gasteiger partial charge in [-0.3, -0.25) is 4.79 Å². The number of carbonyl (C=O) groups is 2. The highest BCUT2D eigenvalue weighted by molar-refractivity contribution is 7.09. The van der Waals surface area contributed by atoms with E-state index in [1.54, 1.807) is 31.3 Å². The average molecular weight is 381 g/mol. The number of aryl methyl sites for hydroxylation is 2. The molecule has 0 fully saturated rings. The van der Waals surface area contributed by atoms with Crippen LogP contribution in [0.15, 0.2) is 41.8 Å². The predicted octanol–water partition coefficient (Wildman–Crippen LogP) is 4.25. The topological polar surface area (TPSA) is 81.2 Å². The van der Waals surface area contributed by atoms with Crippen molar-refractivity contribution < 1.29 is 14.3 Å². The maximum Gasteiger partial charge on any atom is 0.339 e. The molecule has 0 unspecified atom stereocenters. The molecule has 0 bridgehead atoms. The number of amides is 1. The van der Waals surface area contributed by atoms with E-state index in [2.05, 4.69) is 15.3 Å². The molecule has 6 nitrogen and oxygen atoms in total. The molecule has 0 aliphatic heterocycles. The van der Waals surface area contributed by atoms with Gasteiger partial charge in [0.2, 0.25) is 0 Å². The van der Waals surface area contributed by atoms with Crippen LogP contribution in [0.2, 0.25) is 0 Å². The van der Waals surface area contributed by atoms with Gasteiger partial charge in [0.1, 0.15) is 5.69 Å². The third kappa shape index (κ3) is 4.38. The summed E-state index contributed by atoms with van der Waals surface area (Å²) in [4.78, 5) is 32.9. The van der Waals surface area contributed by atoms with Crippen LogP contribution in [0.1, 0.15) is 38.5 Å². The lowest BCUT2D eigenvalue weighted by Crippen LogP contribution is -2.16. The third-order valence-corrected chi connectivity index (χ3v) is 4.64. The van der Waals surface area contributed by atoms with Crippen LogP contribution in [0.5, 0.6) is 0 Å². The number of carbonyl (C=O) groups excluding carboxylic acids is 2. The molecular weight excluding hydrogens is 362 g/mol. The summed E-state index contributed by atoms with van der Waals surface area (Å²) >= 11 is 1.60. The minimum absolute atomic E-state index is 0.236. The first-order valence-electron chi connectivity index (χ1n) is 8.46. The fraction of sp³-hybridized carbons (Fsp3) is 0.200. The van der Waals surface area contributed by atoms with Gasteiger partial charge in [-0.05, 0) is 45.0 Å². The Morgan fingerprint density at radius 2 is 1.81 bits per heavy atom. The van der Waals surface area contributed by atoms with Crippen molar-refractivity contribution in [2.75, 3.05) is 11.9 Å². The second-order valence-corrected chi connectivity index (χ2v) is 6.90.